The van der Waals surface area contributed by atoms with Gasteiger partial charge in [0.2, 0.25) is 0 Å². The summed E-state index contributed by atoms with van der Waals surface area (Å²) < 4.78 is 0. The zero-order valence-electron chi connectivity index (χ0n) is 7.24. The molecular weight excluding hydrogens is 204 g/mol. The smallest absolute Gasteiger partial charge is 0.258 e. The summed E-state index contributed by atoms with van der Waals surface area (Å²) in [5.41, 5.74) is 0.731. The SMILES string of the molecule is N#CCCc1ccc([N+](=O)[O-])c(Cl)c1. The Kier molecular flexibility index (Phi) is 3.43. The van der Waals surface area contributed by atoms with Crippen LogP contribution in [0.15, 0.2) is 18.2 Å². The zero-order valence-corrected chi connectivity index (χ0v) is 7.99. The first-order valence-electron chi connectivity index (χ1n) is 3.95. The van der Waals surface area contributed by atoms with Crippen molar-refractivity contribution < 1.29 is 4.92 Å². The van der Waals surface area contributed by atoms with Gasteiger partial charge < -0.3 is 0 Å². The Morgan fingerprint density at radius 2 is 2.29 bits per heavy atom. The number of nitro groups is 1. The van der Waals surface area contributed by atoms with E-state index in [1.54, 1.807) is 6.07 Å². The third-order valence-corrected chi connectivity index (χ3v) is 2.04. The minimum absolute atomic E-state index is 0.104. The lowest BCUT2D eigenvalue weighted by Crippen LogP contribution is -1.91. The van der Waals surface area contributed by atoms with E-state index in [9.17, 15) is 10.1 Å². The van der Waals surface area contributed by atoms with Crippen LogP contribution in [0.25, 0.3) is 0 Å². The van der Waals surface area contributed by atoms with Gasteiger partial charge in [-0.05, 0) is 18.1 Å². The Hall–Kier alpha value is -1.60. The van der Waals surface area contributed by atoms with Crippen LogP contribution in [-0.4, -0.2) is 4.92 Å². The van der Waals surface area contributed by atoms with Crippen LogP contribution in [-0.2, 0) is 6.42 Å². The number of hydrogen-bond donors (Lipinski definition) is 0. The summed E-state index contributed by atoms with van der Waals surface area (Å²) in [5.74, 6) is 0. The minimum Gasteiger partial charge on any atom is -0.258 e. The fraction of sp³-hybridized carbons (Fsp3) is 0.222. The maximum atomic E-state index is 10.4. The maximum Gasteiger partial charge on any atom is 0.287 e. The second-order valence-corrected chi connectivity index (χ2v) is 3.11. The Labute approximate surface area is 85.9 Å². The molecule has 0 saturated carbocycles. The molecule has 0 fully saturated rings. The van der Waals surface area contributed by atoms with E-state index in [0.717, 1.165) is 5.56 Å². The topological polar surface area (TPSA) is 66.9 Å². The van der Waals surface area contributed by atoms with Crippen LogP contribution >= 0.6 is 11.6 Å². The average molecular weight is 211 g/mol. The third-order valence-electron chi connectivity index (χ3n) is 1.73. The molecule has 1 rings (SSSR count). The first kappa shape index (κ1) is 10.5. The molecule has 0 amide bonds. The minimum atomic E-state index is -0.531. The molecule has 0 aliphatic rings. The van der Waals surface area contributed by atoms with Crippen LogP contribution in [0.3, 0.4) is 0 Å². The van der Waals surface area contributed by atoms with Crippen LogP contribution < -0.4 is 0 Å². The van der Waals surface area contributed by atoms with E-state index in [2.05, 4.69) is 0 Å². The van der Waals surface area contributed by atoms with Gasteiger partial charge in [0.05, 0.1) is 11.0 Å². The number of nitro benzene ring substituents is 1. The van der Waals surface area contributed by atoms with Crippen LogP contribution in [0.2, 0.25) is 5.02 Å². The van der Waals surface area contributed by atoms with Crippen LogP contribution in [0.1, 0.15) is 12.0 Å². The molecular formula is C9H7ClN2O2. The van der Waals surface area contributed by atoms with Crippen molar-refractivity contribution in [3.8, 4) is 6.07 Å². The number of aryl methyl sites for hydroxylation is 1. The molecule has 0 aromatic heterocycles. The molecule has 72 valence electrons. The molecule has 0 spiro atoms. The van der Waals surface area contributed by atoms with Crippen molar-refractivity contribution in [3.05, 3.63) is 38.9 Å². The molecule has 0 bridgehead atoms. The quantitative estimate of drug-likeness (QED) is 0.569. The highest BCUT2D eigenvalue weighted by molar-refractivity contribution is 6.32. The number of nitrogens with zero attached hydrogens (tertiary/aromatic N) is 2. The largest absolute Gasteiger partial charge is 0.287 e. The highest BCUT2D eigenvalue weighted by Crippen LogP contribution is 2.25. The van der Waals surface area contributed by atoms with E-state index < -0.39 is 4.92 Å². The Bertz CT molecular complexity index is 398. The summed E-state index contributed by atoms with van der Waals surface area (Å²) in [5, 5.41) is 18.9. The van der Waals surface area contributed by atoms with Crippen LogP contribution in [0, 0.1) is 21.4 Å². The molecule has 5 heteroatoms. The highest BCUT2D eigenvalue weighted by atomic mass is 35.5. The van der Waals surface area contributed by atoms with Gasteiger partial charge in [0.25, 0.3) is 5.69 Å². The van der Waals surface area contributed by atoms with Crippen molar-refractivity contribution in [1.29, 1.82) is 5.26 Å². The molecule has 1 aromatic carbocycles. The Balaban J connectivity index is 2.90. The van der Waals surface area contributed by atoms with Crippen molar-refractivity contribution in [2.24, 2.45) is 0 Å². The van der Waals surface area contributed by atoms with Gasteiger partial charge in [0.1, 0.15) is 5.02 Å². The maximum absolute atomic E-state index is 10.4. The second kappa shape index (κ2) is 4.58. The fourth-order valence-corrected chi connectivity index (χ4v) is 1.33. The average Bonchev–Trinajstić information content (AvgIpc) is 2.14. The summed E-state index contributed by atoms with van der Waals surface area (Å²) in [6.07, 6.45) is 0.947. The molecule has 1 aromatic rings. The van der Waals surface area contributed by atoms with Crippen molar-refractivity contribution in [1.82, 2.24) is 0 Å². The number of hydrogen-bond acceptors (Lipinski definition) is 3. The zero-order chi connectivity index (χ0) is 10.6. The number of halogens is 1. The van der Waals surface area contributed by atoms with Gasteiger partial charge in [0, 0.05) is 12.5 Å². The molecule has 0 unspecified atom stereocenters. The molecule has 0 saturated heterocycles. The van der Waals surface area contributed by atoms with E-state index >= 15 is 0 Å². The first-order chi connectivity index (χ1) is 6.65. The monoisotopic (exact) mass is 210 g/mol. The molecule has 0 aliphatic heterocycles. The standard InChI is InChI=1S/C9H7ClN2O2/c10-8-6-7(2-1-5-11)3-4-9(8)12(13)14/h3-4,6H,1-2H2. The van der Waals surface area contributed by atoms with E-state index in [4.69, 9.17) is 16.9 Å². The van der Waals surface area contributed by atoms with Crippen molar-refractivity contribution >= 4 is 17.3 Å². The summed E-state index contributed by atoms with van der Waals surface area (Å²) >= 11 is 5.68. The number of benzene rings is 1. The van der Waals surface area contributed by atoms with Gasteiger partial charge in [-0.25, -0.2) is 0 Å². The molecule has 4 nitrogen and oxygen atoms in total. The van der Waals surface area contributed by atoms with Gasteiger partial charge >= 0.3 is 0 Å². The van der Waals surface area contributed by atoms with Crippen molar-refractivity contribution in [2.75, 3.05) is 0 Å². The number of nitriles is 1. The van der Waals surface area contributed by atoms with Crippen molar-refractivity contribution in [2.45, 2.75) is 12.8 Å². The lowest BCUT2D eigenvalue weighted by Gasteiger charge is -1.98. The van der Waals surface area contributed by atoms with Gasteiger partial charge in [-0.15, -0.1) is 0 Å². The molecule has 0 N–H and O–H groups in total. The molecule has 0 atom stereocenters. The summed E-state index contributed by atoms with van der Waals surface area (Å²) in [4.78, 5) is 9.88. The molecule has 0 heterocycles. The predicted molar refractivity (Wildman–Crippen MR) is 52.0 cm³/mol. The predicted octanol–water partition coefficient (Wildman–Crippen LogP) is 2.70. The lowest BCUT2D eigenvalue weighted by molar-refractivity contribution is -0.384. The van der Waals surface area contributed by atoms with Crippen LogP contribution in [0.4, 0.5) is 5.69 Å². The second-order valence-electron chi connectivity index (χ2n) is 2.70. The molecule has 0 radical (unpaired) electrons. The third kappa shape index (κ3) is 2.44. The fourth-order valence-electron chi connectivity index (χ4n) is 1.05. The Morgan fingerprint density at radius 3 is 2.79 bits per heavy atom. The summed E-state index contributed by atoms with van der Waals surface area (Å²) in [6, 6.07) is 6.49. The van der Waals surface area contributed by atoms with Gasteiger partial charge in [-0.3, -0.25) is 10.1 Å². The van der Waals surface area contributed by atoms with Crippen LogP contribution in [0.5, 0.6) is 0 Å². The first-order valence-corrected chi connectivity index (χ1v) is 4.32. The van der Waals surface area contributed by atoms with Gasteiger partial charge in [-0.2, -0.15) is 5.26 Å². The summed E-state index contributed by atoms with van der Waals surface area (Å²) in [6.45, 7) is 0. The molecule has 0 aliphatic carbocycles. The number of rotatable bonds is 3. The van der Waals surface area contributed by atoms with Crippen molar-refractivity contribution in [3.63, 3.8) is 0 Å². The van der Waals surface area contributed by atoms with E-state index in [-0.39, 0.29) is 10.7 Å². The lowest BCUT2D eigenvalue weighted by atomic mass is 10.1. The highest BCUT2D eigenvalue weighted by Gasteiger charge is 2.11. The normalized spacial score (nSPS) is 9.43. The Morgan fingerprint density at radius 1 is 1.57 bits per heavy atom. The van der Waals surface area contributed by atoms with Gasteiger partial charge in [-0.1, -0.05) is 17.7 Å². The molecule has 14 heavy (non-hydrogen) atoms. The van der Waals surface area contributed by atoms with E-state index in [0.29, 0.717) is 12.8 Å². The van der Waals surface area contributed by atoms with E-state index in [1.807, 2.05) is 6.07 Å². The summed E-state index contributed by atoms with van der Waals surface area (Å²) in [7, 11) is 0. The van der Waals surface area contributed by atoms with Gasteiger partial charge in [0.15, 0.2) is 0 Å². The van der Waals surface area contributed by atoms with E-state index in [1.165, 1.54) is 12.1 Å².